The molecule has 0 saturated carbocycles. The van der Waals surface area contributed by atoms with Crippen LogP contribution in [0.3, 0.4) is 0 Å². The Morgan fingerprint density at radius 3 is 2.33 bits per heavy atom. The average Bonchev–Trinajstić information content (AvgIpc) is 1.88. The van der Waals surface area contributed by atoms with Crippen molar-refractivity contribution in [3.63, 3.8) is 0 Å². The van der Waals surface area contributed by atoms with Crippen LogP contribution in [0.4, 0.5) is 0 Å². The standard InChI is InChI=1S/C6H11NO2/c1-5-3-8-4-6(9-5)2-7-1/h5-7H,1-4H2/t5-,6-/m1/s1. The molecule has 2 aliphatic rings. The number of fused-ring (bicyclic) bond motifs is 2. The second-order valence-electron chi connectivity index (χ2n) is 2.58. The van der Waals surface area contributed by atoms with E-state index in [1.54, 1.807) is 0 Å². The third-order valence-corrected chi connectivity index (χ3v) is 1.74. The molecule has 0 unspecified atom stereocenters. The van der Waals surface area contributed by atoms with Crippen molar-refractivity contribution in [2.45, 2.75) is 12.2 Å². The second kappa shape index (κ2) is 2.25. The number of nitrogens with one attached hydrogen (secondary N) is 1. The lowest BCUT2D eigenvalue weighted by Crippen LogP contribution is -2.52. The maximum Gasteiger partial charge on any atom is 0.0938 e. The molecule has 0 aromatic rings. The van der Waals surface area contributed by atoms with Gasteiger partial charge in [0.2, 0.25) is 0 Å². The molecule has 2 aliphatic heterocycles. The number of hydrogen-bond acceptors (Lipinski definition) is 3. The molecular weight excluding hydrogens is 118 g/mol. The Bertz CT molecular complexity index is 87.2. The van der Waals surface area contributed by atoms with Gasteiger partial charge in [0.15, 0.2) is 0 Å². The van der Waals surface area contributed by atoms with Gasteiger partial charge in [0, 0.05) is 13.1 Å². The summed E-state index contributed by atoms with van der Waals surface area (Å²) in [5.41, 5.74) is 0. The van der Waals surface area contributed by atoms with E-state index in [2.05, 4.69) is 5.32 Å². The van der Waals surface area contributed by atoms with Crippen LogP contribution in [0.2, 0.25) is 0 Å². The lowest BCUT2D eigenvalue weighted by atomic mass is 10.2. The molecule has 52 valence electrons. The third-order valence-electron chi connectivity index (χ3n) is 1.74. The fourth-order valence-corrected chi connectivity index (χ4v) is 1.30. The molecule has 0 aliphatic carbocycles. The van der Waals surface area contributed by atoms with Gasteiger partial charge in [-0.05, 0) is 0 Å². The molecule has 0 aromatic heterocycles. The van der Waals surface area contributed by atoms with Gasteiger partial charge in [-0.15, -0.1) is 0 Å². The summed E-state index contributed by atoms with van der Waals surface area (Å²) in [5.74, 6) is 0. The maximum absolute atomic E-state index is 5.53. The second-order valence-corrected chi connectivity index (χ2v) is 2.58. The maximum atomic E-state index is 5.53. The van der Waals surface area contributed by atoms with E-state index in [9.17, 15) is 0 Å². The smallest absolute Gasteiger partial charge is 0.0938 e. The Labute approximate surface area is 54.3 Å². The Morgan fingerprint density at radius 2 is 1.78 bits per heavy atom. The average molecular weight is 129 g/mol. The normalized spacial score (nSPS) is 42.7. The monoisotopic (exact) mass is 129 g/mol. The van der Waals surface area contributed by atoms with Gasteiger partial charge < -0.3 is 14.8 Å². The van der Waals surface area contributed by atoms with Crippen molar-refractivity contribution in [1.29, 1.82) is 0 Å². The van der Waals surface area contributed by atoms with Crippen molar-refractivity contribution < 1.29 is 9.47 Å². The summed E-state index contributed by atoms with van der Waals surface area (Å²) in [6.45, 7) is 3.44. The van der Waals surface area contributed by atoms with Gasteiger partial charge in [0.1, 0.15) is 0 Å². The Morgan fingerprint density at radius 1 is 1.11 bits per heavy atom. The van der Waals surface area contributed by atoms with E-state index in [-0.39, 0.29) is 0 Å². The summed E-state index contributed by atoms with van der Waals surface area (Å²) in [5, 5.41) is 3.28. The lowest BCUT2D eigenvalue weighted by Gasteiger charge is -2.35. The minimum Gasteiger partial charge on any atom is -0.376 e. The van der Waals surface area contributed by atoms with Crippen molar-refractivity contribution in [1.82, 2.24) is 5.32 Å². The van der Waals surface area contributed by atoms with Gasteiger partial charge in [-0.3, -0.25) is 0 Å². The molecule has 3 heteroatoms. The molecule has 2 heterocycles. The number of hydrogen-bond donors (Lipinski definition) is 1. The van der Waals surface area contributed by atoms with Crippen molar-refractivity contribution in [2.75, 3.05) is 26.3 Å². The molecule has 2 saturated heterocycles. The van der Waals surface area contributed by atoms with E-state index < -0.39 is 0 Å². The Kier molecular flexibility index (Phi) is 1.41. The zero-order chi connectivity index (χ0) is 6.10. The summed E-state index contributed by atoms with van der Waals surface area (Å²) < 4.78 is 10.8. The lowest BCUT2D eigenvalue weighted by molar-refractivity contribution is -0.151. The minimum atomic E-state index is 0.317. The van der Waals surface area contributed by atoms with Crippen LogP contribution in [0.15, 0.2) is 0 Å². The number of rotatable bonds is 0. The molecule has 2 fully saturated rings. The summed E-state index contributed by atoms with van der Waals surface area (Å²) in [4.78, 5) is 0. The van der Waals surface area contributed by atoms with Crippen LogP contribution in [-0.2, 0) is 9.47 Å². The predicted octanol–water partition coefficient (Wildman–Crippen LogP) is -0.626. The van der Waals surface area contributed by atoms with E-state index in [1.807, 2.05) is 0 Å². The number of ether oxygens (including phenoxy) is 2. The fourth-order valence-electron chi connectivity index (χ4n) is 1.30. The molecule has 2 bridgehead atoms. The Balaban J connectivity index is 1.96. The highest BCUT2D eigenvalue weighted by Crippen LogP contribution is 2.09. The molecule has 0 aromatic carbocycles. The SMILES string of the molecule is C1NC[C@@H]2COC[C@@H]1O2. The van der Waals surface area contributed by atoms with Crippen LogP contribution >= 0.6 is 0 Å². The first kappa shape index (κ1) is 5.65. The molecule has 3 nitrogen and oxygen atoms in total. The van der Waals surface area contributed by atoms with E-state index >= 15 is 0 Å². The molecule has 0 amide bonds. The summed E-state index contributed by atoms with van der Waals surface area (Å²) in [6, 6.07) is 0. The highest BCUT2D eigenvalue weighted by molar-refractivity contribution is 4.77. The molecule has 0 spiro atoms. The summed E-state index contributed by atoms with van der Waals surface area (Å²) in [7, 11) is 0. The molecule has 1 N–H and O–H groups in total. The highest BCUT2D eigenvalue weighted by Gasteiger charge is 2.26. The zero-order valence-electron chi connectivity index (χ0n) is 5.30. The van der Waals surface area contributed by atoms with E-state index in [1.165, 1.54) is 0 Å². The van der Waals surface area contributed by atoms with Crippen LogP contribution in [0, 0.1) is 0 Å². The number of morpholine rings is 1. The molecule has 0 radical (unpaired) electrons. The van der Waals surface area contributed by atoms with Gasteiger partial charge in [-0.25, -0.2) is 0 Å². The summed E-state index contributed by atoms with van der Waals surface area (Å²) >= 11 is 0. The largest absolute Gasteiger partial charge is 0.376 e. The van der Waals surface area contributed by atoms with Gasteiger partial charge in [0.25, 0.3) is 0 Å². The summed E-state index contributed by atoms with van der Waals surface area (Å²) in [6.07, 6.45) is 0.634. The van der Waals surface area contributed by atoms with Gasteiger partial charge in [-0.1, -0.05) is 0 Å². The van der Waals surface area contributed by atoms with Gasteiger partial charge >= 0.3 is 0 Å². The highest BCUT2D eigenvalue weighted by atomic mass is 16.6. The van der Waals surface area contributed by atoms with E-state index in [0.29, 0.717) is 12.2 Å². The topological polar surface area (TPSA) is 30.5 Å². The first-order chi connectivity index (χ1) is 4.45. The fraction of sp³-hybridized carbons (Fsp3) is 1.00. The van der Waals surface area contributed by atoms with Crippen LogP contribution in [0.25, 0.3) is 0 Å². The molecule has 2 atom stereocenters. The first-order valence-corrected chi connectivity index (χ1v) is 3.39. The third kappa shape index (κ3) is 1.08. The quantitative estimate of drug-likeness (QED) is 0.472. The Hall–Kier alpha value is -0.120. The molecule has 9 heavy (non-hydrogen) atoms. The van der Waals surface area contributed by atoms with Gasteiger partial charge in [0.05, 0.1) is 25.4 Å². The van der Waals surface area contributed by atoms with Crippen molar-refractivity contribution >= 4 is 0 Å². The zero-order valence-corrected chi connectivity index (χ0v) is 5.30. The van der Waals surface area contributed by atoms with Crippen LogP contribution < -0.4 is 5.32 Å². The van der Waals surface area contributed by atoms with E-state index in [4.69, 9.17) is 9.47 Å². The van der Waals surface area contributed by atoms with Crippen molar-refractivity contribution in [2.24, 2.45) is 0 Å². The van der Waals surface area contributed by atoms with E-state index in [0.717, 1.165) is 26.3 Å². The van der Waals surface area contributed by atoms with Crippen LogP contribution in [0.5, 0.6) is 0 Å². The first-order valence-electron chi connectivity index (χ1n) is 3.39. The minimum absolute atomic E-state index is 0.317. The van der Waals surface area contributed by atoms with Crippen LogP contribution in [0.1, 0.15) is 0 Å². The van der Waals surface area contributed by atoms with Crippen molar-refractivity contribution in [3.05, 3.63) is 0 Å². The van der Waals surface area contributed by atoms with Crippen LogP contribution in [-0.4, -0.2) is 38.5 Å². The molecule has 2 rings (SSSR count). The predicted molar refractivity (Wildman–Crippen MR) is 32.3 cm³/mol. The van der Waals surface area contributed by atoms with Crippen molar-refractivity contribution in [3.8, 4) is 0 Å². The van der Waals surface area contributed by atoms with Gasteiger partial charge in [-0.2, -0.15) is 0 Å². The molecular formula is C6H11NO2.